The Morgan fingerprint density at radius 1 is 0.917 bits per heavy atom. The molecule has 0 N–H and O–H groups in total. The van der Waals surface area contributed by atoms with Gasteiger partial charge in [0.1, 0.15) is 0 Å². The zero-order valence-corrected chi connectivity index (χ0v) is 11.7. The van der Waals surface area contributed by atoms with Gasteiger partial charge >= 0.3 is 0 Å². The van der Waals surface area contributed by atoms with Crippen molar-refractivity contribution < 1.29 is 0 Å². The van der Waals surface area contributed by atoms with Crippen LogP contribution in [-0.4, -0.2) is 7.85 Å². The van der Waals surface area contributed by atoms with Crippen LogP contribution >= 0.6 is 45.2 Å². The first-order valence-corrected chi connectivity index (χ1v) is 7.58. The average molecular weight is 390 g/mol. The third kappa shape index (κ3) is 1.55. The highest BCUT2D eigenvalue weighted by Crippen LogP contribution is 2.63. The summed E-state index contributed by atoms with van der Waals surface area (Å²) in [4.78, 5) is 0. The number of alkyl halides is 2. The molecule has 2 aliphatic carbocycles. The Bertz CT molecular complexity index is 167. The minimum absolute atomic E-state index is 0.699. The molecule has 0 aromatic rings. The van der Waals surface area contributed by atoms with E-state index in [0.29, 0.717) is 3.42 Å². The molecule has 2 saturated carbocycles. The minimum atomic E-state index is 0.699. The second-order valence-electron chi connectivity index (χ2n) is 4.44. The highest BCUT2D eigenvalue weighted by Gasteiger charge is 2.56. The summed E-state index contributed by atoms with van der Waals surface area (Å²) in [6.45, 7) is 0. The van der Waals surface area contributed by atoms with Gasteiger partial charge in [-0.3, -0.25) is 0 Å². The van der Waals surface area contributed by atoms with Gasteiger partial charge in [0.25, 0.3) is 0 Å². The van der Waals surface area contributed by atoms with E-state index in [1.807, 2.05) is 0 Å². The molecule has 0 amide bonds. The van der Waals surface area contributed by atoms with Crippen molar-refractivity contribution in [1.29, 1.82) is 0 Å². The Balaban J connectivity index is 2.08. The molecule has 0 nitrogen and oxygen atoms in total. The van der Waals surface area contributed by atoms with Gasteiger partial charge in [0.05, 0.1) is 0 Å². The van der Waals surface area contributed by atoms with Crippen molar-refractivity contribution >= 4 is 45.2 Å². The van der Waals surface area contributed by atoms with Crippen LogP contribution in [0.5, 0.6) is 0 Å². The third-order valence-electron chi connectivity index (χ3n) is 3.71. The van der Waals surface area contributed by atoms with Gasteiger partial charge < -0.3 is 0 Å². The molecular formula is C10H16I2. The number of halogens is 2. The van der Waals surface area contributed by atoms with Gasteiger partial charge in [0.2, 0.25) is 0 Å². The van der Waals surface area contributed by atoms with Gasteiger partial charge in [-0.25, -0.2) is 0 Å². The molecule has 0 saturated heterocycles. The monoisotopic (exact) mass is 390 g/mol. The lowest BCUT2D eigenvalue weighted by atomic mass is 9.78. The summed E-state index contributed by atoms with van der Waals surface area (Å²) >= 11 is 5.39. The second-order valence-corrected chi connectivity index (χ2v) is 7.27. The predicted octanol–water partition coefficient (Wildman–Crippen LogP) is 4.34. The standard InChI is InChI=1S/C10H16I2/c11-8-9(6-7-9)10(12)4-2-1-3-5-10/h1-8H2. The normalized spacial score (nSPS) is 31.5. The van der Waals surface area contributed by atoms with Crippen LogP contribution in [0.2, 0.25) is 0 Å². The molecule has 0 atom stereocenters. The fraction of sp³-hybridized carbons (Fsp3) is 1.00. The Morgan fingerprint density at radius 2 is 1.50 bits per heavy atom. The maximum atomic E-state index is 2.79. The number of hydrogen-bond donors (Lipinski definition) is 0. The zero-order valence-electron chi connectivity index (χ0n) is 7.41. The summed E-state index contributed by atoms with van der Waals surface area (Å²) in [5, 5.41) is 0. The Labute approximate surface area is 103 Å². The van der Waals surface area contributed by atoms with Crippen molar-refractivity contribution in [1.82, 2.24) is 0 Å². The topological polar surface area (TPSA) is 0 Å². The first-order chi connectivity index (χ1) is 5.72. The molecule has 0 heterocycles. The molecule has 2 rings (SSSR count). The summed E-state index contributed by atoms with van der Waals surface area (Å²) < 4.78 is 2.10. The van der Waals surface area contributed by atoms with Crippen molar-refractivity contribution in [2.45, 2.75) is 48.4 Å². The van der Waals surface area contributed by atoms with E-state index in [1.54, 1.807) is 0 Å². The van der Waals surface area contributed by atoms with Crippen molar-refractivity contribution in [3.8, 4) is 0 Å². The summed E-state index contributed by atoms with van der Waals surface area (Å²) in [5.41, 5.74) is 0.772. The van der Waals surface area contributed by atoms with Crippen LogP contribution in [-0.2, 0) is 0 Å². The van der Waals surface area contributed by atoms with Crippen LogP contribution in [0.3, 0.4) is 0 Å². The Kier molecular flexibility index (Phi) is 2.96. The summed E-state index contributed by atoms with van der Waals surface area (Å²) in [6.07, 6.45) is 10.5. The van der Waals surface area contributed by atoms with E-state index < -0.39 is 0 Å². The SMILES string of the molecule is ICC1(C2(I)CCCCC2)CC1. The molecule has 0 aromatic carbocycles. The van der Waals surface area contributed by atoms with E-state index in [2.05, 4.69) is 45.2 Å². The van der Waals surface area contributed by atoms with Gasteiger partial charge in [0, 0.05) is 7.85 Å². The van der Waals surface area contributed by atoms with E-state index in [1.165, 1.54) is 49.4 Å². The first kappa shape index (κ1) is 9.99. The van der Waals surface area contributed by atoms with Gasteiger partial charge in [-0.15, -0.1) is 0 Å². The molecule has 0 aromatic heterocycles. The summed E-state index contributed by atoms with van der Waals surface area (Å²) in [5.74, 6) is 0. The molecular weight excluding hydrogens is 374 g/mol. The van der Waals surface area contributed by atoms with Crippen LogP contribution < -0.4 is 0 Å². The molecule has 70 valence electrons. The maximum absolute atomic E-state index is 2.79. The highest BCUT2D eigenvalue weighted by molar-refractivity contribution is 14.1. The molecule has 0 bridgehead atoms. The van der Waals surface area contributed by atoms with Gasteiger partial charge in [-0.1, -0.05) is 64.4 Å². The van der Waals surface area contributed by atoms with E-state index in [4.69, 9.17) is 0 Å². The fourth-order valence-corrected chi connectivity index (χ4v) is 6.21. The van der Waals surface area contributed by atoms with Gasteiger partial charge in [-0.05, 0) is 31.1 Å². The van der Waals surface area contributed by atoms with Crippen LogP contribution in [0, 0.1) is 5.41 Å². The lowest BCUT2D eigenvalue weighted by molar-refractivity contribution is 0.312. The van der Waals surface area contributed by atoms with Crippen molar-refractivity contribution in [3.63, 3.8) is 0 Å². The minimum Gasteiger partial charge on any atom is -0.0857 e. The molecule has 12 heavy (non-hydrogen) atoms. The quantitative estimate of drug-likeness (QED) is 0.486. The first-order valence-electron chi connectivity index (χ1n) is 4.97. The van der Waals surface area contributed by atoms with E-state index in [9.17, 15) is 0 Å². The van der Waals surface area contributed by atoms with Crippen LogP contribution in [0.15, 0.2) is 0 Å². The largest absolute Gasteiger partial charge is 0.0857 e. The lowest BCUT2D eigenvalue weighted by Crippen LogP contribution is -2.36. The number of rotatable bonds is 2. The molecule has 0 spiro atoms. The maximum Gasteiger partial charge on any atom is 0.0285 e. The average Bonchev–Trinajstić information content (AvgIpc) is 2.86. The molecule has 2 heteroatoms. The van der Waals surface area contributed by atoms with E-state index in [0.717, 1.165) is 5.41 Å². The molecule has 0 unspecified atom stereocenters. The van der Waals surface area contributed by atoms with Gasteiger partial charge in [0.15, 0.2) is 0 Å². The summed E-state index contributed by atoms with van der Waals surface area (Å²) in [7, 11) is 0. The van der Waals surface area contributed by atoms with E-state index in [-0.39, 0.29) is 0 Å². The number of hydrogen-bond acceptors (Lipinski definition) is 0. The van der Waals surface area contributed by atoms with Gasteiger partial charge in [-0.2, -0.15) is 0 Å². The molecule has 2 aliphatic rings. The van der Waals surface area contributed by atoms with Crippen LogP contribution in [0.25, 0.3) is 0 Å². The fourth-order valence-electron chi connectivity index (χ4n) is 2.49. The van der Waals surface area contributed by atoms with Crippen molar-refractivity contribution in [2.75, 3.05) is 4.43 Å². The van der Waals surface area contributed by atoms with E-state index >= 15 is 0 Å². The third-order valence-corrected chi connectivity index (χ3v) is 7.39. The lowest BCUT2D eigenvalue weighted by Gasteiger charge is -2.39. The van der Waals surface area contributed by atoms with Crippen molar-refractivity contribution in [2.24, 2.45) is 5.41 Å². The Hall–Kier alpha value is 1.46. The Morgan fingerprint density at radius 3 is 1.92 bits per heavy atom. The highest BCUT2D eigenvalue weighted by atomic mass is 127. The smallest absolute Gasteiger partial charge is 0.0285 e. The van der Waals surface area contributed by atoms with Crippen molar-refractivity contribution in [3.05, 3.63) is 0 Å². The molecule has 0 aliphatic heterocycles. The van der Waals surface area contributed by atoms with Crippen LogP contribution in [0.4, 0.5) is 0 Å². The zero-order chi connectivity index (χ0) is 8.66. The molecule has 0 radical (unpaired) electrons. The molecule has 2 fully saturated rings. The van der Waals surface area contributed by atoms with Crippen LogP contribution in [0.1, 0.15) is 44.9 Å². The summed E-state index contributed by atoms with van der Waals surface area (Å²) in [6, 6.07) is 0. The second kappa shape index (κ2) is 3.55. The predicted molar refractivity (Wildman–Crippen MR) is 70.4 cm³/mol.